The van der Waals surface area contributed by atoms with E-state index < -0.39 is 5.60 Å². The minimum atomic E-state index is -0.455. The number of aromatic nitrogens is 1. The van der Waals surface area contributed by atoms with Gasteiger partial charge < -0.3 is 15.0 Å². The Morgan fingerprint density at radius 3 is 2.90 bits per heavy atom. The number of hydrogen-bond acceptors (Lipinski definition) is 2. The van der Waals surface area contributed by atoms with Crippen molar-refractivity contribution in [1.29, 1.82) is 0 Å². The van der Waals surface area contributed by atoms with E-state index in [0.29, 0.717) is 6.54 Å². The molecule has 4 nitrogen and oxygen atoms in total. The Morgan fingerprint density at radius 1 is 1.33 bits per heavy atom. The average molecular weight is 286 g/mol. The van der Waals surface area contributed by atoms with E-state index in [4.69, 9.17) is 4.74 Å². The molecule has 1 heterocycles. The largest absolute Gasteiger partial charge is 0.444 e. The number of rotatable bonds is 4. The Kier molecular flexibility index (Phi) is 4.68. The number of amides is 1. The van der Waals surface area contributed by atoms with Gasteiger partial charge in [-0.15, -0.1) is 0 Å². The maximum atomic E-state index is 11.5. The molecule has 4 heteroatoms. The number of hydrogen-bond donors (Lipinski definition) is 2. The number of nitrogens with one attached hydrogen (secondary N) is 2. The first-order valence-corrected chi connectivity index (χ1v) is 7.15. The lowest BCUT2D eigenvalue weighted by Crippen LogP contribution is -2.32. The molecular formula is C17H22N2O2. The van der Waals surface area contributed by atoms with Crippen molar-refractivity contribution in [3.05, 3.63) is 42.1 Å². The minimum Gasteiger partial charge on any atom is -0.444 e. The van der Waals surface area contributed by atoms with Crippen LogP contribution in [0.4, 0.5) is 4.79 Å². The van der Waals surface area contributed by atoms with E-state index in [2.05, 4.69) is 34.6 Å². The Hall–Kier alpha value is -2.23. The summed E-state index contributed by atoms with van der Waals surface area (Å²) < 4.78 is 5.17. The highest BCUT2D eigenvalue weighted by atomic mass is 16.6. The van der Waals surface area contributed by atoms with Gasteiger partial charge in [0.2, 0.25) is 0 Å². The van der Waals surface area contributed by atoms with Crippen LogP contribution >= 0.6 is 0 Å². The summed E-state index contributed by atoms with van der Waals surface area (Å²) in [5, 5.41) is 3.94. The third kappa shape index (κ3) is 4.67. The smallest absolute Gasteiger partial charge is 0.407 e. The van der Waals surface area contributed by atoms with Crippen molar-refractivity contribution in [2.24, 2.45) is 0 Å². The zero-order chi connectivity index (χ0) is 15.3. The SMILES string of the molecule is CC(C)(C)OC(=O)NCCC=Cc1cccc2cc[nH]c12. The summed E-state index contributed by atoms with van der Waals surface area (Å²) in [4.78, 5) is 14.7. The molecule has 0 bridgehead atoms. The molecule has 0 radical (unpaired) electrons. The maximum absolute atomic E-state index is 11.5. The van der Waals surface area contributed by atoms with Gasteiger partial charge >= 0.3 is 6.09 Å². The van der Waals surface area contributed by atoms with Gasteiger partial charge in [0.25, 0.3) is 0 Å². The van der Waals surface area contributed by atoms with Crippen molar-refractivity contribution >= 4 is 23.1 Å². The van der Waals surface area contributed by atoms with Crippen molar-refractivity contribution in [3.63, 3.8) is 0 Å². The quantitative estimate of drug-likeness (QED) is 0.831. The van der Waals surface area contributed by atoms with Gasteiger partial charge in [0.05, 0.1) is 5.52 Å². The summed E-state index contributed by atoms with van der Waals surface area (Å²) in [6.07, 6.45) is 6.44. The first-order chi connectivity index (χ1) is 9.96. The molecule has 1 aromatic carbocycles. The number of carbonyl (C=O) groups is 1. The van der Waals surface area contributed by atoms with Crippen molar-refractivity contribution in [2.45, 2.75) is 32.8 Å². The highest BCUT2D eigenvalue weighted by molar-refractivity contribution is 5.87. The lowest BCUT2D eigenvalue weighted by molar-refractivity contribution is 0.0529. The molecule has 0 aliphatic rings. The standard InChI is InChI=1S/C17H22N2O2/c1-17(2,3)21-16(20)19-11-5-4-7-13-8-6-9-14-10-12-18-15(13)14/h4,6-10,12,18H,5,11H2,1-3H3,(H,19,20). The molecule has 0 aliphatic heterocycles. The summed E-state index contributed by atoms with van der Waals surface area (Å²) in [5.74, 6) is 0. The van der Waals surface area contributed by atoms with Crippen LogP contribution in [0.5, 0.6) is 0 Å². The Balaban J connectivity index is 1.81. The van der Waals surface area contributed by atoms with Crippen molar-refractivity contribution < 1.29 is 9.53 Å². The fourth-order valence-electron chi connectivity index (χ4n) is 2.03. The molecule has 0 unspecified atom stereocenters. The first-order valence-electron chi connectivity index (χ1n) is 7.15. The van der Waals surface area contributed by atoms with Crippen LogP contribution in [-0.4, -0.2) is 23.2 Å². The lowest BCUT2D eigenvalue weighted by atomic mass is 10.1. The minimum absolute atomic E-state index is 0.373. The monoisotopic (exact) mass is 286 g/mol. The number of carbonyl (C=O) groups excluding carboxylic acids is 1. The van der Waals surface area contributed by atoms with E-state index in [9.17, 15) is 4.79 Å². The second-order valence-corrected chi connectivity index (χ2v) is 5.91. The third-order valence-electron chi connectivity index (χ3n) is 2.90. The fourth-order valence-corrected chi connectivity index (χ4v) is 2.03. The van der Waals surface area contributed by atoms with E-state index in [-0.39, 0.29) is 6.09 Å². The van der Waals surface area contributed by atoms with Gasteiger partial charge in [-0.2, -0.15) is 0 Å². The number of ether oxygens (including phenoxy) is 1. The number of fused-ring (bicyclic) bond motifs is 1. The lowest BCUT2D eigenvalue weighted by Gasteiger charge is -2.19. The summed E-state index contributed by atoms with van der Waals surface area (Å²) in [6, 6.07) is 8.23. The Morgan fingerprint density at radius 2 is 2.14 bits per heavy atom. The Labute approximate surface area is 125 Å². The van der Waals surface area contributed by atoms with Crippen molar-refractivity contribution in [2.75, 3.05) is 6.54 Å². The topological polar surface area (TPSA) is 54.1 Å². The average Bonchev–Trinajstić information content (AvgIpc) is 2.85. The molecule has 0 fully saturated rings. The maximum Gasteiger partial charge on any atom is 0.407 e. The van der Waals surface area contributed by atoms with Crippen LogP contribution in [0.2, 0.25) is 0 Å². The molecule has 2 rings (SSSR count). The third-order valence-corrected chi connectivity index (χ3v) is 2.90. The molecule has 0 aliphatic carbocycles. The summed E-state index contributed by atoms with van der Waals surface area (Å²) in [5.41, 5.74) is 1.83. The first kappa shape index (κ1) is 15.2. The van der Waals surface area contributed by atoms with Crippen LogP contribution in [0.25, 0.3) is 17.0 Å². The molecule has 0 atom stereocenters. The highest BCUT2D eigenvalue weighted by Crippen LogP contribution is 2.18. The van der Waals surface area contributed by atoms with Crippen molar-refractivity contribution in [1.82, 2.24) is 10.3 Å². The van der Waals surface area contributed by atoms with Crippen LogP contribution in [0.3, 0.4) is 0 Å². The Bertz CT molecular complexity index is 636. The van der Waals surface area contributed by atoms with E-state index in [1.165, 1.54) is 5.39 Å². The zero-order valence-corrected chi connectivity index (χ0v) is 12.8. The molecule has 0 spiro atoms. The van der Waals surface area contributed by atoms with E-state index in [0.717, 1.165) is 17.5 Å². The van der Waals surface area contributed by atoms with Crippen LogP contribution < -0.4 is 5.32 Å². The predicted molar refractivity (Wildman–Crippen MR) is 86.2 cm³/mol. The van der Waals surface area contributed by atoms with Gasteiger partial charge in [-0.1, -0.05) is 30.4 Å². The summed E-state index contributed by atoms with van der Waals surface area (Å²) >= 11 is 0. The van der Waals surface area contributed by atoms with Crippen LogP contribution in [0, 0.1) is 0 Å². The number of H-pyrrole nitrogens is 1. The highest BCUT2D eigenvalue weighted by Gasteiger charge is 2.15. The predicted octanol–water partition coefficient (Wildman–Crippen LogP) is 4.10. The van der Waals surface area contributed by atoms with Gasteiger partial charge in [-0.25, -0.2) is 4.79 Å². The molecule has 112 valence electrons. The van der Waals surface area contributed by atoms with Gasteiger partial charge in [0.15, 0.2) is 0 Å². The number of aromatic amines is 1. The van der Waals surface area contributed by atoms with E-state index >= 15 is 0 Å². The molecule has 0 saturated heterocycles. The van der Waals surface area contributed by atoms with Gasteiger partial charge in [0.1, 0.15) is 5.60 Å². The molecule has 1 amide bonds. The molecule has 0 saturated carbocycles. The van der Waals surface area contributed by atoms with Crippen LogP contribution in [-0.2, 0) is 4.74 Å². The molecule has 21 heavy (non-hydrogen) atoms. The van der Waals surface area contributed by atoms with E-state index in [1.807, 2.05) is 39.1 Å². The zero-order valence-electron chi connectivity index (χ0n) is 12.8. The second kappa shape index (κ2) is 6.48. The summed E-state index contributed by atoms with van der Waals surface area (Å²) in [6.45, 7) is 6.11. The van der Waals surface area contributed by atoms with Crippen LogP contribution in [0.1, 0.15) is 32.8 Å². The molecule has 2 aromatic rings. The molecule has 1 aromatic heterocycles. The van der Waals surface area contributed by atoms with Gasteiger partial charge in [-0.05, 0) is 44.2 Å². The van der Waals surface area contributed by atoms with E-state index in [1.54, 1.807) is 0 Å². The van der Waals surface area contributed by atoms with Gasteiger partial charge in [-0.3, -0.25) is 0 Å². The number of benzene rings is 1. The van der Waals surface area contributed by atoms with Crippen LogP contribution in [0.15, 0.2) is 36.5 Å². The summed E-state index contributed by atoms with van der Waals surface area (Å²) in [7, 11) is 0. The molecule has 2 N–H and O–H groups in total. The second-order valence-electron chi connectivity index (χ2n) is 5.91. The normalized spacial score (nSPS) is 12.0. The van der Waals surface area contributed by atoms with Gasteiger partial charge in [0, 0.05) is 12.7 Å². The van der Waals surface area contributed by atoms with Crippen molar-refractivity contribution in [3.8, 4) is 0 Å². The fraction of sp³-hybridized carbons (Fsp3) is 0.353. The number of alkyl carbamates (subject to hydrolysis) is 1. The number of para-hydroxylation sites is 1. The molecular weight excluding hydrogens is 264 g/mol.